The summed E-state index contributed by atoms with van der Waals surface area (Å²) < 4.78 is 5.34. The van der Waals surface area contributed by atoms with Gasteiger partial charge in [0.15, 0.2) is 5.75 Å². The molecule has 1 heterocycles. The first-order valence-corrected chi connectivity index (χ1v) is 8.75. The van der Waals surface area contributed by atoms with Gasteiger partial charge in [-0.25, -0.2) is 0 Å². The van der Waals surface area contributed by atoms with Crippen LogP contribution in [0.5, 0.6) is 5.75 Å². The van der Waals surface area contributed by atoms with Crippen molar-refractivity contribution in [2.45, 2.75) is 12.2 Å². The Morgan fingerprint density at radius 2 is 2.35 bits per heavy atom. The van der Waals surface area contributed by atoms with E-state index >= 15 is 0 Å². The lowest BCUT2D eigenvalue weighted by Gasteiger charge is -2.21. The highest BCUT2D eigenvalue weighted by atomic mass is 32.2. The molecule has 7 heteroatoms. The van der Waals surface area contributed by atoms with Crippen molar-refractivity contribution in [3.63, 3.8) is 0 Å². The maximum Gasteiger partial charge on any atom is 0.311 e. The maximum atomic E-state index is 10.9. The molecule has 2 rings (SSSR count). The zero-order valence-electron chi connectivity index (χ0n) is 11.3. The summed E-state index contributed by atoms with van der Waals surface area (Å²) in [7, 11) is 0. The zero-order valence-corrected chi connectivity index (χ0v) is 13.0. The molecule has 0 radical (unpaired) electrons. The third-order valence-corrected chi connectivity index (χ3v) is 5.72. The number of thioether (sulfide) groups is 2. The quantitative estimate of drug-likeness (QED) is 0.642. The van der Waals surface area contributed by atoms with Gasteiger partial charge in [0.1, 0.15) is 0 Å². The molecule has 110 valence electrons. The molecule has 1 aliphatic heterocycles. The minimum absolute atomic E-state index is 0.0139. The second-order valence-electron chi connectivity index (χ2n) is 4.32. The van der Waals surface area contributed by atoms with E-state index in [2.05, 4.69) is 5.32 Å². The highest BCUT2D eigenvalue weighted by molar-refractivity contribution is 8.06. The lowest BCUT2D eigenvalue weighted by atomic mass is 10.2. The van der Waals surface area contributed by atoms with E-state index in [0.29, 0.717) is 17.6 Å². The SMILES string of the molecule is CCOc1cc(NCC2CSCCS2)ccc1[N+](=O)[O-]. The molecular weight excluding hydrogens is 296 g/mol. The molecule has 20 heavy (non-hydrogen) atoms. The van der Waals surface area contributed by atoms with Gasteiger partial charge in [-0.3, -0.25) is 10.1 Å². The molecule has 0 bridgehead atoms. The van der Waals surface area contributed by atoms with E-state index in [4.69, 9.17) is 4.74 Å². The Kier molecular flexibility index (Phi) is 5.85. The molecule has 5 nitrogen and oxygen atoms in total. The van der Waals surface area contributed by atoms with Crippen LogP contribution in [0.1, 0.15) is 6.92 Å². The number of nitro groups is 1. The Bertz CT molecular complexity index is 465. The van der Waals surface area contributed by atoms with Gasteiger partial charge in [-0.2, -0.15) is 23.5 Å². The Labute approximate surface area is 127 Å². The number of hydrogen-bond acceptors (Lipinski definition) is 6. The van der Waals surface area contributed by atoms with E-state index in [0.717, 1.165) is 18.0 Å². The van der Waals surface area contributed by atoms with Gasteiger partial charge in [0.05, 0.1) is 11.5 Å². The Morgan fingerprint density at radius 3 is 3.00 bits per heavy atom. The van der Waals surface area contributed by atoms with Crippen molar-refractivity contribution in [1.82, 2.24) is 0 Å². The summed E-state index contributed by atoms with van der Waals surface area (Å²) in [5.74, 6) is 3.91. The minimum atomic E-state index is -0.414. The smallest absolute Gasteiger partial charge is 0.311 e. The van der Waals surface area contributed by atoms with E-state index in [1.807, 2.05) is 30.4 Å². The molecule has 1 N–H and O–H groups in total. The van der Waals surface area contributed by atoms with Gasteiger partial charge in [0, 0.05) is 46.9 Å². The van der Waals surface area contributed by atoms with E-state index in [9.17, 15) is 10.1 Å². The standard InChI is InChI=1S/C13H18N2O3S2/c1-2-18-13-7-10(3-4-12(13)15(16)17)14-8-11-9-19-5-6-20-11/h3-4,7,11,14H,2,5-6,8-9H2,1H3. The molecule has 0 saturated carbocycles. The third kappa shape index (κ3) is 4.21. The van der Waals surface area contributed by atoms with Crippen LogP contribution < -0.4 is 10.1 Å². The predicted octanol–water partition coefficient (Wildman–Crippen LogP) is 3.25. The second-order valence-corrected chi connectivity index (χ2v) is 6.88. The van der Waals surface area contributed by atoms with E-state index in [1.54, 1.807) is 12.1 Å². The number of hydrogen-bond donors (Lipinski definition) is 1. The van der Waals surface area contributed by atoms with Crippen LogP contribution in [0.3, 0.4) is 0 Å². The van der Waals surface area contributed by atoms with E-state index < -0.39 is 4.92 Å². The molecule has 1 aromatic carbocycles. The summed E-state index contributed by atoms with van der Waals surface area (Å²) in [5.41, 5.74) is 0.884. The topological polar surface area (TPSA) is 64.4 Å². The summed E-state index contributed by atoms with van der Waals surface area (Å²) in [5, 5.41) is 14.9. The minimum Gasteiger partial charge on any atom is -0.487 e. The number of ether oxygens (including phenoxy) is 1. The Balaban J connectivity index is 2.00. The number of nitro benzene ring substituents is 1. The van der Waals surface area contributed by atoms with Crippen molar-refractivity contribution in [1.29, 1.82) is 0 Å². The van der Waals surface area contributed by atoms with Crippen molar-refractivity contribution in [3.05, 3.63) is 28.3 Å². The summed E-state index contributed by atoms with van der Waals surface area (Å²) >= 11 is 3.96. The van der Waals surface area contributed by atoms with Crippen LogP contribution in [0, 0.1) is 10.1 Å². The Hall–Kier alpha value is -1.08. The molecular formula is C13H18N2O3S2. The van der Waals surface area contributed by atoms with E-state index in [-0.39, 0.29) is 5.69 Å². The molecule has 0 aromatic heterocycles. The average Bonchev–Trinajstić information content (AvgIpc) is 2.46. The van der Waals surface area contributed by atoms with Crippen LogP contribution in [-0.4, -0.2) is 40.6 Å². The van der Waals surface area contributed by atoms with Crippen LogP contribution in [0.15, 0.2) is 18.2 Å². The fraction of sp³-hybridized carbons (Fsp3) is 0.538. The lowest BCUT2D eigenvalue weighted by molar-refractivity contribution is -0.385. The zero-order chi connectivity index (χ0) is 14.4. The monoisotopic (exact) mass is 314 g/mol. The van der Waals surface area contributed by atoms with Crippen molar-refractivity contribution < 1.29 is 9.66 Å². The summed E-state index contributed by atoms with van der Waals surface area (Å²) in [6.07, 6.45) is 0. The molecule has 1 aromatic rings. The van der Waals surface area contributed by atoms with Gasteiger partial charge in [0.2, 0.25) is 0 Å². The van der Waals surface area contributed by atoms with E-state index in [1.165, 1.54) is 17.6 Å². The molecule has 1 saturated heterocycles. The summed E-state index contributed by atoms with van der Waals surface area (Å²) in [6.45, 7) is 3.11. The first-order chi connectivity index (χ1) is 9.70. The fourth-order valence-corrected chi connectivity index (χ4v) is 4.54. The molecule has 1 fully saturated rings. The van der Waals surface area contributed by atoms with Crippen LogP contribution in [-0.2, 0) is 0 Å². The number of nitrogens with zero attached hydrogens (tertiary/aromatic N) is 1. The van der Waals surface area contributed by atoms with Crippen molar-refractivity contribution in [3.8, 4) is 5.75 Å². The van der Waals surface area contributed by atoms with Crippen LogP contribution in [0.2, 0.25) is 0 Å². The van der Waals surface area contributed by atoms with Gasteiger partial charge in [0.25, 0.3) is 0 Å². The normalized spacial score (nSPS) is 18.6. The molecule has 1 unspecified atom stereocenters. The number of rotatable bonds is 6. The summed E-state index contributed by atoms with van der Waals surface area (Å²) in [4.78, 5) is 10.5. The maximum absolute atomic E-state index is 10.9. The fourth-order valence-electron chi connectivity index (χ4n) is 1.93. The highest BCUT2D eigenvalue weighted by Crippen LogP contribution is 2.31. The van der Waals surface area contributed by atoms with Crippen molar-refractivity contribution in [2.24, 2.45) is 0 Å². The van der Waals surface area contributed by atoms with Gasteiger partial charge < -0.3 is 10.1 Å². The first kappa shape index (κ1) is 15.3. The molecule has 1 aliphatic rings. The number of benzene rings is 1. The molecule has 0 amide bonds. The molecule has 0 aliphatic carbocycles. The van der Waals surface area contributed by atoms with Crippen LogP contribution in [0.25, 0.3) is 0 Å². The summed E-state index contributed by atoms with van der Waals surface area (Å²) in [6, 6.07) is 4.94. The van der Waals surface area contributed by atoms with Gasteiger partial charge in [-0.15, -0.1) is 0 Å². The second kappa shape index (κ2) is 7.64. The highest BCUT2D eigenvalue weighted by Gasteiger charge is 2.17. The third-order valence-electron chi connectivity index (χ3n) is 2.88. The number of anilines is 1. The largest absolute Gasteiger partial charge is 0.487 e. The van der Waals surface area contributed by atoms with Gasteiger partial charge in [-0.1, -0.05) is 0 Å². The number of nitrogens with one attached hydrogen (secondary N) is 1. The Morgan fingerprint density at radius 1 is 1.50 bits per heavy atom. The average molecular weight is 314 g/mol. The van der Waals surface area contributed by atoms with Gasteiger partial charge in [-0.05, 0) is 13.0 Å². The first-order valence-electron chi connectivity index (χ1n) is 6.55. The van der Waals surface area contributed by atoms with Crippen LogP contribution >= 0.6 is 23.5 Å². The van der Waals surface area contributed by atoms with Crippen molar-refractivity contribution >= 4 is 34.9 Å². The molecule has 1 atom stereocenters. The predicted molar refractivity (Wildman–Crippen MR) is 86.3 cm³/mol. The van der Waals surface area contributed by atoms with Gasteiger partial charge >= 0.3 is 5.69 Å². The molecule has 0 spiro atoms. The van der Waals surface area contributed by atoms with Crippen molar-refractivity contribution in [2.75, 3.05) is 35.7 Å². The lowest BCUT2D eigenvalue weighted by Crippen LogP contribution is -2.23. The van der Waals surface area contributed by atoms with Crippen LogP contribution in [0.4, 0.5) is 11.4 Å².